The first kappa shape index (κ1) is 23.6. The third-order valence-corrected chi connectivity index (χ3v) is 6.26. The van der Waals surface area contributed by atoms with E-state index < -0.39 is 6.61 Å². The van der Waals surface area contributed by atoms with E-state index in [-0.39, 0.29) is 11.8 Å². The van der Waals surface area contributed by atoms with Gasteiger partial charge in [-0.2, -0.15) is 8.78 Å². The molecule has 2 fully saturated rings. The fourth-order valence-electron chi connectivity index (χ4n) is 4.47. The van der Waals surface area contributed by atoms with Crippen molar-refractivity contribution < 1.29 is 13.5 Å². The average molecular weight is 438 g/mol. The molecule has 174 valence electrons. The molecule has 1 aromatic carbocycles. The molecule has 0 aliphatic carbocycles. The van der Waals surface area contributed by atoms with Crippen LogP contribution in [0.2, 0.25) is 0 Å². The molecule has 1 atom stereocenters. The summed E-state index contributed by atoms with van der Waals surface area (Å²) in [4.78, 5) is 9.42. The van der Waals surface area contributed by atoms with Crippen molar-refractivity contribution in [2.75, 3.05) is 50.7 Å². The van der Waals surface area contributed by atoms with Crippen molar-refractivity contribution in [1.82, 2.24) is 15.5 Å². The molecule has 2 saturated heterocycles. The molecule has 0 bridgehead atoms. The second kappa shape index (κ2) is 12.1. The van der Waals surface area contributed by atoms with Crippen LogP contribution < -0.4 is 20.3 Å². The molecule has 1 aromatic rings. The number of anilines is 1. The maximum atomic E-state index is 12.7. The van der Waals surface area contributed by atoms with Crippen molar-refractivity contribution in [2.45, 2.75) is 52.2 Å². The van der Waals surface area contributed by atoms with E-state index in [4.69, 9.17) is 9.73 Å². The highest BCUT2D eigenvalue weighted by Crippen LogP contribution is 2.31. The van der Waals surface area contributed by atoms with E-state index in [1.807, 2.05) is 12.1 Å². The van der Waals surface area contributed by atoms with Gasteiger partial charge in [0.25, 0.3) is 0 Å². The van der Waals surface area contributed by atoms with Crippen LogP contribution in [0, 0.1) is 5.92 Å². The van der Waals surface area contributed by atoms with Crippen LogP contribution in [0.5, 0.6) is 5.75 Å². The summed E-state index contributed by atoms with van der Waals surface area (Å²) in [6.45, 7) is 8.19. The number of hydrogen-bond donors (Lipinski definition) is 2. The number of alkyl halides is 2. The van der Waals surface area contributed by atoms with Crippen LogP contribution >= 0.6 is 0 Å². The van der Waals surface area contributed by atoms with Gasteiger partial charge < -0.3 is 25.2 Å². The fourth-order valence-corrected chi connectivity index (χ4v) is 4.47. The molecular weight excluding hydrogens is 400 g/mol. The number of guanidine groups is 1. The third-order valence-electron chi connectivity index (χ3n) is 6.26. The van der Waals surface area contributed by atoms with E-state index in [1.165, 1.54) is 25.9 Å². The number of benzene rings is 1. The zero-order valence-corrected chi connectivity index (χ0v) is 18.8. The normalized spacial score (nSPS) is 21.0. The van der Waals surface area contributed by atoms with E-state index in [9.17, 15) is 8.78 Å². The number of piperidine rings is 1. The second-order valence-electron chi connectivity index (χ2n) is 8.35. The van der Waals surface area contributed by atoms with Crippen LogP contribution in [0.15, 0.2) is 29.3 Å². The summed E-state index contributed by atoms with van der Waals surface area (Å²) in [6, 6.07) is 7.22. The Bertz CT molecular complexity index is 694. The van der Waals surface area contributed by atoms with Crippen LogP contribution in [0.4, 0.5) is 14.5 Å². The predicted molar refractivity (Wildman–Crippen MR) is 122 cm³/mol. The third kappa shape index (κ3) is 7.23. The van der Waals surface area contributed by atoms with Crippen LogP contribution in [-0.4, -0.2) is 69.3 Å². The lowest BCUT2D eigenvalue weighted by molar-refractivity contribution is -0.0495. The standard InChI is InChI=1S/C23H37F2N5O/c1-3-26-23(27-13-9-18-10-14-29(4-2)15-11-18)28-19-12-16-30(17-19)20-7-5-6-8-21(20)31-22(24)25/h5-8,18-19,22H,3-4,9-17H2,1-2H3,(H2,26,27,28). The summed E-state index contributed by atoms with van der Waals surface area (Å²) >= 11 is 0. The Balaban J connectivity index is 1.50. The molecule has 0 aromatic heterocycles. The van der Waals surface area contributed by atoms with Gasteiger partial charge in [0.05, 0.1) is 5.69 Å². The SMILES string of the molecule is CCNC(=NCCC1CCN(CC)CC1)NC1CCN(c2ccccc2OC(F)F)C1. The highest BCUT2D eigenvalue weighted by atomic mass is 19.3. The van der Waals surface area contributed by atoms with Gasteiger partial charge in [0, 0.05) is 32.2 Å². The number of aliphatic imine (C=N–C) groups is 1. The van der Waals surface area contributed by atoms with Gasteiger partial charge in [0.1, 0.15) is 5.75 Å². The fraction of sp³-hybridized carbons (Fsp3) is 0.696. The van der Waals surface area contributed by atoms with Crippen LogP contribution in [-0.2, 0) is 0 Å². The lowest BCUT2D eigenvalue weighted by Crippen LogP contribution is -2.44. The number of halogens is 2. The highest BCUT2D eigenvalue weighted by molar-refractivity contribution is 5.80. The molecule has 6 nitrogen and oxygen atoms in total. The summed E-state index contributed by atoms with van der Waals surface area (Å²) in [5, 5.41) is 6.87. The van der Waals surface area contributed by atoms with Crippen molar-refractivity contribution >= 4 is 11.6 Å². The molecule has 31 heavy (non-hydrogen) atoms. The van der Waals surface area contributed by atoms with Crippen LogP contribution in [0.25, 0.3) is 0 Å². The first-order valence-electron chi connectivity index (χ1n) is 11.6. The smallest absolute Gasteiger partial charge is 0.387 e. The molecule has 2 N–H and O–H groups in total. The van der Waals surface area contributed by atoms with Crippen LogP contribution in [0.3, 0.4) is 0 Å². The first-order valence-corrected chi connectivity index (χ1v) is 11.6. The summed E-state index contributed by atoms with van der Waals surface area (Å²) in [5.41, 5.74) is 0.715. The van der Waals surface area contributed by atoms with Gasteiger partial charge >= 0.3 is 6.61 Å². The average Bonchev–Trinajstić information content (AvgIpc) is 3.22. The molecule has 0 radical (unpaired) electrons. The Morgan fingerprint density at radius 2 is 1.94 bits per heavy atom. The molecule has 8 heteroatoms. The molecule has 0 saturated carbocycles. The van der Waals surface area contributed by atoms with Crippen LogP contribution in [0.1, 0.15) is 39.5 Å². The van der Waals surface area contributed by atoms with Gasteiger partial charge in [-0.15, -0.1) is 0 Å². The minimum Gasteiger partial charge on any atom is -0.433 e. The first-order chi connectivity index (χ1) is 15.1. The van der Waals surface area contributed by atoms with Crippen molar-refractivity contribution in [3.63, 3.8) is 0 Å². The summed E-state index contributed by atoms with van der Waals surface area (Å²) in [7, 11) is 0. The van der Waals surface area contributed by atoms with Crippen molar-refractivity contribution in [3.05, 3.63) is 24.3 Å². The minimum atomic E-state index is -2.82. The van der Waals surface area contributed by atoms with Gasteiger partial charge in [-0.05, 0) is 70.3 Å². The quantitative estimate of drug-likeness (QED) is 0.457. The number of likely N-dealkylation sites (tertiary alicyclic amines) is 1. The molecule has 2 heterocycles. The topological polar surface area (TPSA) is 52.1 Å². The zero-order valence-electron chi connectivity index (χ0n) is 18.8. The van der Waals surface area contributed by atoms with E-state index in [0.717, 1.165) is 57.4 Å². The van der Waals surface area contributed by atoms with E-state index >= 15 is 0 Å². The van der Waals surface area contributed by atoms with Gasteiger partial charge in [-0.1, -0.05) is 19.1 Å². The molecule has 1 unspecified atom stereocenters. The number of nitrogens with zero attached hydrogens (tertiary/aromatic N) is 3. The Morgan fingerprint density at radius 3 is 2.65 bits per heavy atom. The number of rotatable bonds is 9. The number of hydrogen-bond acceptors (Lipinski definition) is 4. The van der Waals surface area contributed by atoms with Crippen molar-refractivity contribution in [2.24, 2.45) is 10.9 Å². The maximum absolute atomic E-state index is 12.7. The lowest BCUT2D eigenvalue weighted by Gasteiger charge is -2.30. The summed E-state index contributed by atoms with van der Waals surface area (Å²) < 4.78 is 30.2. The van der Waals surface area contributed by atoms with E-state index in [0.29, 0.717) is 5.69 Å². The van der Waals surface area contributed by atoms with Gasteiger partial charge in [0.15, 0.2) is 5.96 Å². The lowest BCUT2D eigenvalue weighted by atomic mass is 9.94. The summed E-state index contributed by atoms with van der Waals surface area (Å²) in [5.74, 6) is 1.84. The zero-order chi connectivity index (χ0) is 22.1. The predicted octanol–water partition coefficient (Wildman–Crippen LogP) is 3.54. The van der Waals surface area contributed by atoms with Crippen molar-refractivity contribution in [3.8, 4) is 5.75 Å². The van der Waals surface area contributed by atoms with E-state index in [1.54, 1.807) is 12.1 Å². The largest absolute Gasteiger partial charge is 0.433 e. The van der Waals surface area contributed by atoms with Gasteiger partial charge in [-0.25, -0.2) is 0 Å². The Kier molecular flexibility index (Phi) is 9.18. The number of para-hydroxylation sites is 2. The van der Waals surface area contributed by atoms with E-state index in [2.05, 4.69) is 34.3 Å². The Labute approximate surface area is 185 Å². The molecule has 0 amide bonds. The number of ether oxygens (including phenoxy) is 1. The Morgan fingerprint density at radius 1 is 1.16 bits per heavy atom. The minimum absolute atomic E-state index is 0.213. The molecule has 2 aliphatic heterocycles. The molecular formula is C23H37F2N5O. The van der Waals surface area contributed by atoms with Gasteiger partial charge in [0.2, 0.25) is 0 Å². The molecule has 0 spiro atoms. The summed E-state index contributed by atoms with van der Waals surface area (Å²) in [6.07, 6.45) is 4.59. The highest BCUT2D eigenvalue weighted by Gasteiger charge is 2.26. The van der Waals surface area contributed by atoms with Gasteiger partial charge in [-0.3, -0.25) is 4.99 Å². The molecule has 3 rings (SSSR count). The number of nitrogens with one attached hydrogen (secondary N) is 2. The monoisotopic (exact) mass is 437 g/mol. The Hall–Kier alpha value is -2.09. The second-order valence-corrected chi connectivity index (χ2v) is 8.35. The maximum Gasteiger partial charge on any atom is 0.387 e. The van der Waals surface area contributed by atoms with Crippen molar-refractivity contribution in [1.29, 1.82) is 0 Å². The molecule has 2 aliphatic rings.